The first-order chi connectivity index (χ1) is 17.2. The lowest BCUT2D eigenvalue weighted by Gasteiger charge is -2.47. The quantitative estimate of drug-likeness (QED) is 0.148. The van der Waals surface area contributed by atoms with Gasteiger partial charge in [0.05, 0.1) is 4.87 Å². The molecule has 0 heterocycles. The van der Waals surface area contributed by atoms with Crippen LogP contribution in [0.2, 0.25) is 0 Å². The number of hydrogen-bond acceptors (Lipinski definition) is 0. The van der Waals surface area contributed by atoms with Crippen molar-refractivity contribution in [1.82, 2.24) is 0 Å². The maximum atomic E-state index is 8.06. The number of halogens is 1. The summed E-state index contributed by atoms with van der Waals surface area (Å²) in [5, 5.41) is 5.17. The molecule has 0 amide bonds. The molecule has 0 radical (unpaired) electrons. The fourth-order valence-electron chi connectivity index (χ4n) is 6.20. The molecule has 176 valence electrons. The molecule has 0 bridgehead atoms. The van der Waals surface area contributed by atoms with Crippen LogP contribution in [0.3, 0.4) is 0 Å². The van der Waals surface area contributed by atoms with Gasteiger partial charge >= 0.3 is 0 Å². The lowest BCUT2D eigenvalue weighted by molar-refractivity contribution is 0.304. The van der Waals surface area contributed by atoms with Crippen molar-refractivity contribution in [3.05, 3.63) is 139 Å². The smallest absolute Gasteiger partial charge is 0.109 e. The Morgan fingerprint density at radius 1 is 0.600 bits per heavy atom. The van der Waals surface area contributed by atoms with Gasteiger partial charge in [-0.25, -0.2) is 0 Å². The van der Waals surface area contributed by atoms with Crippen molar-refractivity contribution in [3.8, 4) is 0 Å². The van der Waals surface area contributed by atoms with Gasteiger partial charge in [0.15, 0.2) is 8.07 Å². The highest BCUT2D eigenvalue weighted by molar-refractivity contribution is 7.16. The highest BCUT2D eigenvalue weighted by Crippen LogP contribution is 2.51. The molecule has 5 rings (SSSR count). The van der Waals surface area contributed by atoms with Gasteiger partial charge in [0.25, 0.3) is 0 Å². The van der Waals surface area contributed by atoms with Crippen molar-refractivity contribution < 1.29 is 0 Å². The first kappa shape index (κ1) is 23.8. The third-order valence-corrected chi connectivity index (χ3v) is 13.7. The van der Waals surface area contributed by atoms with Crippen molar-refractivity contribution in [1.29, 1.82) is 0 Å². The van der Waals surface area contributed by atoms with Crippen LogP contribution in [-0.4, -0.2) is 8.07 Å². The fourth-order valence-corrected chi connectivity index (χ4v) is 12.0. The molecule has 1 saturated carbocycles. The summed E-state index contributed by atoms with van der Waals surface area (Å²) < 4.78 is 0. The summed E-state index contributed by atoms with van der Waals surface area (Å²) in [5.41, 5.74) is 1.18. The van der Waals surface area contributed by atoms with Crippen LogP contribution in [0.1, 0.15) is 37.7 Å². The highest BCUT2D eigenvalue weighted by Gasteiger charge is 2.53. The molecule has 0 N–H and O–H groups in total. The molecule has 1 aliphatic carbocycles. The Morgan fingerprint density at radius 2 is 0.971 bits per heavy atom. The van der Waals surface area contributed by atoms with E-state index >= 15 is 0 Å². The molecule has 0 aromatic heterocycles. The molecule has 0 aliphatic heterocycles. The summed E-state index contributed by atoms with van der Waals surface area (Å²) in [6, 6.07) is 43.8. The molecule has 1 unspecified atom stereocenters. The molecule has 0 nitrogen and oxygen atoms in total. The van der Waals surface area contributed by atoms with Crippen molar-refractivity contribution in [2.45, 2.75) is 37.0 Å². The predicted octanol–water partition coefficient (Wildman–Crippen LogP) is 6.97. The van der Waals surface area contributed by atoms with Crippen molar-refractivity contribution in [2.24, 2.45) is 5.92 Å². The minimum atomic E-state index is -2.76. The van der Waals surface area contributed by atoms with Gasteiger partial charge in [0.1, 0.15) is 0 Å². The summed E-state index contributed by atoms with van der Waals surface area (Å²) in [6.45, 7) is 5.01. The second-order valence-electron chi connectivity index (χ2n) is 9.74. The zero-order chi connectivity index (χ0) is 24.1. The second kappa shape index (κ2) is 10.4. The molecular formula is C33H33ClSi. The Hall–Kier alpha value is -2.87. The lowest BCUT2D eigenvalue weighted by atomic mass is 9.76. The van der Waals surface area contributed by atoms with Crippen molar-refractivity contribution in [2.75, 3.05) is 0 Å². The first-order valence-corrected chi connectivity index (χ1v) is 15.2. The maximum absolute atomic E-state index is 8.06. The minimum Gasteiger partial charge on any atom is -0.109 e. The van der Waals surface area contributed by atoms with Gasteiger partial charge in [-0.2, -0.15) is 0 Å². The van der Waals surface area contributed by atoms with E-state index in [1.165, 1.54) is 45.6 Å². The van der Waals surface area contributed by atoms with E-state index in [-0.39, 0.29) is 0 Å². The Bertz CT molecular complexity index is 1130. The number of allylic oxidation sites excluding steroid dienone is 1. The minimum absolute atomic E-state index is 0.357. The molecular weight excluding hydrogens is 460 g/mol. The molecule has 1 aliphatic rings. The van der Waals surface area contributed by atoms with Gasteiger partial charge in [-0.05, 0) is 45.1 Å². The third kappa shape index (κ3) is 4.22. The molecule has 2 heteroatoms. The summed E-state index contributed by atoms with van der Waals surface area (Å²) in [5.74, 6) is 0.357. The number of hydrogen-bond donors (Lipinski definition) is 0. The zero-order valence-corrected chi connectivity index (χ0v) is 22.0. The molecule has 1 atom stereocenters. The van der Waals surface area contributed by atoms with E-state index in [1.54, 1.807) is 0 Å². The standard InChI is InChI=1S/C33H33ClSi/c1-27(33(34,28-17-7-2-8-18-28)29-19-9-3-10-20-29)35(30-21-11-4-12-22-30,31-23-13-5-14-24-31)32-25-15-6-16-26-32/h2,4-8,11-18,21-26,29H,1,3,9-10,19-20H2. The first-order valence-electron chi connectivity index (χ1n) is 12.8. The third-order valence-electron chi connectivity index (χ3n) is 7.87. The van der Waals surface area contributed by atoms with Gasteiger partial charge in [0.2, 0.25) is 0 Å². The Kier molecular flexibility index (Phi) is 7.08. The van der Waals surface area contributed by atoms with Gasteiger partial charge in [0, 0.05) is 0 Å². The van der Waals surface area contributed by atoms with Crippen molar-refractivity contribution in [3.63, 3.8) is 0 Å². The molecule has 0 spiro atoms. The van der Waals surface area contributed by atoms with Gasteiger partial charge in [-0.3, -0.25) is 0 Å². The Labute approximate surface area is 216 Å². The number of benzene rings is 4. The molecule has 35 heavy (non-hydrogen) atoms. The normalized spacial score (nSPS) is 16.4. The largest absolute Gasteiger partial charge is 0.177 e. The van der Waals surface area contributed by atoms with E-state index in [0.717, 1.165) is 12.8 Å². The van der Waals surface area contributed by atoms with Crippen LogP contribution in [0.25, 0.3) is 0 Å². The van der Waals surface area contributed by atoms with E-state index in [9.17, 15) is 0 Å². The summed E-state index contributed by atoms with van der Waals surface area (Å²) >= 11 is 8.06. The topological polar surface area (TPSA) is 0 Å². The SMILES string of the molecule is C=C(C(Cl)(c1ccccc1)C1CCCCC1)[Si](c1ccccc1)(c1ccccc1)c1ccccc1. The maximum Gasteiger partial charge on any atom is 0.177 e. The van der Waals surface area contributed by atoms with Crippen LogP contribution < -0.4 is 15.6 Å². The lowest BCUT2D eigenvalue weighted by Crippen LogP contribution is -2.71. The van der Waals surface area contributed by atoms with E-state index in [0.29, 0.717) is 5.92 Å². The number of rotatable bonds is 7. The second-order valence-corrected chi connectivity index (χ2v) is 14.2. The van der Waals surface area contributed by atoms with Crippen LogP contribution in [0, 0.1) is 5.92 Å². The average molecular weight is 493 g/mol. The highest BCUT2D eigenvalue weighted by atomic mass is 35.5. The van der Waals surface area contributed by atoms with Crippen LogP contribution >= 0.6 is 11.6 Å². The Balaban J connectivity index is 1.84. The number of alkyl halides is 1. The summed E-state index contributed by atoms with van der Waals surface area (Å²) in [4.78, 5) is -0.643. The monoisotopic (exact) mass is 492 g/mol. The predicted molar refractivity (Wildman–Crippen MR) is 154 cm³/mol. The molecule has 0 saturated heterocycles. The molecule has 4 aromatic carbocycles. The van der Waals surface area contributed by atoms with Crippen molar-refractivity contribution >= 4 is 35.2 Å². The molecule has 4 aromatic rings. The van der Waals surface area contributed by atoms with Gasteiger partial charge < -0.3 is 0 Å². The van der Waals surface area contributed by atoms with E-state index in [1.807, 2.05) is 0 Å². The summed E-state index contributed by atoms with van der Waals surface area (Å²) in [7, 11) is -2.76. The fraction of sp³-hybridized carbons (Fsp3) is 0.212. The van der Waals surface area contributed by atoms with E-state index in [4.69, 9.17) is 18.2 Å². The van der Waals surface area contributed by atoms with Crippen LogP contribution in [0.5, 0.6) is 0 Å². The van der Waals surface area contributed by atoms with Crippen LogP contribution in [0.15, 0.2) is 133 Å². The van der Waals surface area contributed by atoms with Crippen LogP contribution in [0.4, 0.5) is 0 Å². The zero-order valence-electron chi connectivity index (χ0n) is 20.2. The Morgan fingerprint density at radius 3 is 1.37 bits per heavy atom. The van der Waals surface area contributed by atoms with E-state index in [2.05, 4.69) is 121 Å². The van der Waals surface area contributed by atoms with Gasteiger partial charge in [-0.15, -0.1) is 18.2 Å². The summed E-state index contributed by atoms with van der Waals surface area (Å²) in [6.07, 6.45) is 6.04. The van der Waals surface area contributed by atoms with Gasteiger partial charge in [-0.1, -0.05) is 141 Å². The average Bonchev–Trinajstić information content (AvgIpc) is 2.96. The van der Waals surface area contributed by atoms with Crippen LogP contribution in [-0.2, 0) is 4.87 Å². The van der Waals surface area contributed by atoms with E-state index < -0.39 is 12.9 Å². The molecule has 1 fully saturated rings.